The van der Waals surface area contributed by atoms with E-state index in [1.807, 2.05) is 19.1 Å². The monoisotopic (exact) mass is 251 g/mol. The van der Waals surface area contributed by atoms with E-state index < -0.39 is 5.60 Å². The fraction of sp³-hybridized carbons (Fsp3) is 0.571. The summed E-state index contributed by atoms with van der Waals surface area (Å²) in [7, 11) is 0. The Labute approximate surface area is 108 Å². The Kier molecular flexibility index (Phi) is 4.00. The predicted molar refractivity (Wildman–Crippen MR) is 74.4 cm³/mol. The molecule has 0 aliphatic heterocycles. The van der Waals surface area contributed by atoms with E-state index in [4.69, 9.17) is 5.73 Å². The van der Waals surface area contributed by atoms with Crippen LogP contribution in [0.5, 0.6) is 0 Å². The van der Waals surface area contributed by atoms with Gasteiger partial charge < -0.3 is 10.8 Å². The van der Waals surface area contributed by atoms with E-state index in [1.165, 1.54) is 11.3 Å². The van der Waals surface area contributed by atoms with Gasteiger partial charge in [-0.15, -0.1) is 11.8 Å². The molecule has 0 bridgehead atoms. The predicted octanol–water partition coefficient (Wildman–Crippen LogP) is 3.36. The van der Waals surface area contributed by atoms with E-state index in [2.05, 4.69) is 6.07 Å². The van der Waals surface area contributed by atoms with Crippen molar-refractivity contribution in [1.29, 1.82) is 0 Å². The van der Waals surface area contributed by atoms with Gasteiger partial charge in [0.25, 0.3) is 0 Å². The van der Waals surface area contributed by atoms with Crippen molar-refractivity contribution in [1.82, 2.24) is 0 Å². The Hall–Kier alpha value is -0.670. The quantitative estimate of drug-likeness (QED) is 0.639. The molecule has 2 rings (SSSR count). The Bertz CT molecular complexity index is 386. The van der Waals surface area contributed by atoms with Crippen molar-refractivity contribution in [2.24, 2.45) is 0 Å². The second-order valence-corrected chi connectivity index (χ2v) is 6.06. The van der Waals surface area contributed by atoms with Gasteiger partial charge in [-0.3, -0.25) is 0 Å². The molecule has 1 saturated carbocycles. The molecule has 2 nitrogen and oxygen atoms in total. The highest BCUT2D eigenvalue weighted by Gasteiger charge is 2.29. The average molecular weight is 251 g/mol. The summed E-state index contributed by atoms with van der Waals surface area (Å²) < 4.78 is 0. The number of benzene rings is 1. The molecule has 0 spiro atoms. The Morgan fingerprint density at radius 3 is 2.71 bits per heavy atom. The molecule has 94 valence electrons. The number of nitrogens with two attached hydrogens (primary N) is 1. The first-order valence-electron chi connectivity index (χ1n) is 6.31. The van der Waals surface area contributed by atoms with Crippen LogP contribution in [-0.2, 0) is 0 Å². The van der Waals surface area contributed by atoms with Gasteiger partial charge in [0.1, 0.15) is 0 Å². The van der Waals surface area contributed by atoms with Crippen molar-refractivity contribution < 1.29 is 5.11 Å². The molecule has 0 unspecified atom stereocenters. The number of thioether (sulfide) groups is 1. The largest absolute Gasteiger partial charge is 0.398 e. The van der Waals surface area contributed by atoms with Crippen molar-refractivity contribution in [2.45, 2.75) is 49.5 Å². The highest BCUT2D eigenvalue weighted by molar-refractivity contribution is 7.99. The van der Waals surface area contributed by atoms with Gasteiger partial charge in [-0.1, -0.05) is 25.3 Å². The van der Waals surface area contributed by atoms with Gasteiger partial charge >= 0.3 is 0 Å². The lowest BCUT2D eigenvalue weighted by Crippen LogP contribution is -2.34. The minimum absolute atomic E-state index is 0.458. The molecular weight excluding hydrogens is 230 g/mol. The second kappa shape index (κ2) is 5.32. The highest BCUT2D eigenvalue weighted by atomic mass is 32.2. The summed E-state index contributed by atoms with van der Waals surface area (Å²) in [5.41, 5.74) is 7.40. The second-order valence-electron chi connectivity index (χ2n) is 5.04. The van der Waals surface area contributed by atoms with Crippen molar-refractivity contribution in [3.63, 3.8) is 0 Å². The van der Waals surface area contributed by atoms with E-state index in [9.17, 15) is 5.11 Å². The van der Waals surface area contributed by atoms with Gasteiger partial charge in [-0.2, -0.15) is 0 Å². The van der Waals surface area contributed by atoms with Crippen LogP contribution >= 0.6 is 11.8 Å². The molecule has 1 aromatic rings. The van der Waals surface area contributed by atoms with Crippen LogP contribution in [0.1, 0.15) is 37.7 Å². The maximum Gasteiger partial charge on any atom is 0.0741 e. The normalized spacial score (nSPS) is 19.2. The summed E-state index contributed by atoms with van der Waals surface area (Å²) in [6.45, 7) is 2.04. The summed E-state index contributed by atoms with van der Waals surface area (Å²) >= 11 is 1.74. The average Bonchev–Trinajstić information content (AvgIpc) is 2.32. The van der Waals surface area contributed by atoms with Crippen LogP contribution in [0.15, 0.2) is 23.1 Å². The molecule has 1 aliphatic rings. The Morgan fingerprint density at radius 1 is 1.29 bits per heavy atom. The lowest BCUT2D eigenvalue weighted by atomic mass is 9.86. The first-order chi connectivity index (χ1) is 8.11. The van der Waals surface area contributed by atoms with Crippen molar-refractivity contribution in [3.8, 4) is 0 Å². The zero-order valence-electron chi connectivity index (χ0n) is 10.4. The van der Waals surface area contributed by atoms with Crippen LogP contribution < -0.4 is 5.73 Å². The summed E-state index contributed by atoms with van der Waals surface area (Å²) in [4.78, 5) is 1.20. The first-order valence-corrected chi connectivity index (χ1v) is 7.30. The Morgan fingerprint density at radius 2 is 2.00 bits per heavy atom. The smallest absolute Gasteiger partial charge is 0.0741 e. The molecule has 1 aromatic carbocycles. The third-order valence-electron chi connectivity index (χ3n) is 3.61. The number of rotatable bonds is 3. The van der Waals surface area contributed by atoms with Gasteiger partial charge in [-0.05, 0) is 37.5 Å². The standard InChI is InChI=1S/C14H21NOS/c1-11-12(15)6-5-7-13(11)17-10-14(16)8-3-2-4-9-14/h5-7,16H,2-4,8-10,15H2,1H3. The van der Waals surface area contributed by atoms with Gasteiger partial charge in [0.2, 0.25) is 0 Å². The fourth-order valence-electron chi connectivity index (χ4n) is 2.35. The van der Waals surface area contributed by atoms with Crippen LogP contribution in [0.3, 0.4) is 0 Å². The summed E-state index contributed by atoms with van der Waals surface area (Å²) in [6.07, 6.45) is 5.48. The molecule has 1 aliphatic carbocycles. The van der Waals surface area contributed by atoms with E-state index in [-0.39, 0.29) is 0 Å². The van der Waals surface area contributed by atoms with E-state index in [1.54, 1.807) is 11.8 Å². The summed E-state index contributed by atoms with van der Waals surface area (Å²) in [5.74, 6) is 0.789. The van der Waals surface area contributed by atoms with Crippen molar-refractivity contribution in [2.75, 3.05) is 11.5 Å². The first kappa shape index (κ1) is 12.8. The lowest BCUT2D eigenvalue weighted by Gasteiger charge is -2.31. The maximum absolute atomic E-state index is 10.4. The molecule has 17 heavy (non-hydrogen) atoms. The van der Waals surface area contributed by atoms with Gasteiger partial charge in [0, 0.05) is 16.3 Å². The SMILES string of the molecule is Cc1c(N)cccc1SCC1(O)CCCCC1. The number of hydrogen-bond acceptors (Lipinski definition) is 3. The third-order valence-corrected chi connectivity index (χ3v) is 5.04. The van der Waals surface area contributed by atoms with Crippen LogP contribution in [0, 0.1) is 6.92 Å². The Balaban J connectivity index is 1.99. The molecule has 0 saturated heterocycles. The molecule has 0 atom stereocenters. The molecule has 0 radical (unpaired) electrons. The van der Waals surface area contributed by atoms with Crippen LogP contribution in [0.4, 0.5) is 5.69 Å². The van der Waals surface area contributed by atoms with Gasteiger partial charge in [0.15, 0.2) is 0 Å². The molecule has 0 amide bonds. The van der Waals surface area contributed by atoms with Gasteiger partial charge in [-0.25, -0.2) is 0 Å². The topological polar surface area (TPSA) is 46.2 Å². The zero-order chi connectivity index (χ0) is 12.3. The lowest BCUT2D eigenvalue weighted by molar-refractivity contribution is 0.0273. The zero-order valence-corrected chi connectivity index (χ0v) is 11.2. The highest BCUT2D eigenvalue weighted by Crippen LogP contribution is 2.35. The minimum Gasteiger partial charge on any atom is -0.398 e. The van der Waals surface area contributed by atoms with Crippen molar-refractivity contribution >= 4 is 17.4 Å². The molecule has 3 N–H and O–H groups in total. The number of hydrogen-bond donors (Lipinski definition) is 2. The number of aliphatic hydroxyl groups is 1. The number of nitrogen functional groups attached to an aromatic ring is 1. The minimum atomic E-state index is -0.458. The molecule has 3 heteroatoms. The van der Waals surface area contributed by atoms with E-state index in [0.717, 1.165) is 42.7 Å². The molecule has 1 fully saturated rings. The molecule has 0 aromatic heterocycles. The van der Waals surface area contributed by atoms with Crippen LogP contribution in [0.25, 0.3) is 0 Å². The summed E-state index contributed by atoms with van der Waals surface area (Å²) in [5, 5.41) is 10.4. The van der Waals surface area contributed by atoms with Gasteiger partial charge in [0.05, 0.1) is 5.60 Å². The summed E-state index contributed by atoms with van der Waals surface area (Å²) in [6, 6.07) is 5.99. The fourth-order valence-corrected chi connectivity index (χ4v) is 3.58. The van der Waals surface area contributed by atoms with Crippen LogP contribution in [-0.4, -0.2) is 16.5 Å². The van der Waals surface area contributed by atoms with Crippen LogP contribution in [0.2, 0.25) is 0 Å². The van der Waals surface area contributed by atoms with Crippen molar-refractivity contribution in [3.05, 3.63) is 23.8 Å². The molecule has 0 heterocycles. The van der Waals surface area contributed by atoms with E-state index in [0.29, 0.717) is 0 Å². The molecular formula is C14H21NOS. The third kappa shape index (κ3) is 3.17. The number of anilines is 1. The maximum atomic E-state index is 10.4. The van der Waals surface area contributed by atoms with E-state index >= 15 is 0 Å².